The Morgan fingerprint density at radius 2 is 1.59 bits per heavy atom. The zero-order valence-corrected chi connectivity index (χ0v) is 16.0. The van der Waals surface area contributed by atoms with Gasteiger partial charge in [-0.1, -0.05) is 63.4 Å². The molecule has 1 heterocycles. The van der Waals surface area contributed by atoms with Crippen molar-refractivity contribution in [2.45, 2.75) is 77.7 Å². The molecule has 3 nitrogen and oxygen atoms in total. The van der Waals surface area contributed by atoms with Gasteiger partial charge in [-0.05, 0) is 12.5 Å². The maximum atomic E-state index is 8.54. The van der Waals surface area contributed by atoms with Crippen molar-refractivity contribution >= 4 is 6.21 Å². The fraction of sp³-hybridized carbons (Fsp3) is 0.667. The number of pyridine rings is 1. The van der Waals surface area contributed by atoms with E-state index in [1.165, 1.54) is 70.4 Å². The number of aryl methyl sites for hydroxylation is 1. The van der Waals surface area contributed by atoms with Crippen molar-refractivity contribution in [1.29, 1.82) is 0 Å². The van der Waals surface area contributed by atoms with Crippen LogP contribution in [0.25, 0.3) is 0 Å². The number of nitrogens with zero attached hydrogens (tertiary/aromatic N) is 2. The molecule has 1 rings (SSSR count). The molecule has 0 atom stereocenters. The summed E-state index contributed by atoms with van der Waals surface area (Å²) in [4.78, 5) is 0. The van der Waals surface area contributed by atoms with Gasteiger partial charge < -0.3 is 29.2 Å². The summed E-state index contributed by atoms with van der Waals surface area (Å²) < 4.78 is 2.17. The molecule has 0 aliphatic carbocycles. The summed E-state index contributed by atoms with van der Waals surface area (Å²) >= 11 is 0. The van der Waals surface area contributed by atoms with Gasteiger partial charge in [-0.2, -0.15) is 0 Å². The minimum absolute atomic E-state index is 0. The molecule has 0 saturated heterocycles. The number of halogens is 1. The predicted octanol–water partition coefficient (Wildman–Crippen LogP) is 1.71. The van der Waals surface area contributed by atoms with Crippen molar-refractivity contribution in [1.82, 2.24) is 0 Å². The lowest BCUT2D eigenvalue weighted by atomic mass is 10.1. The van der Waals surface area contributed by atoms with E-state index >= 15 is 0 Å². The highest BCUT2D eigenvalue weighted by Gasteiger charge is 2.01. The Morgan fingerprint density at radius 3 is 2.18 bits per heavy atom. The van der Waals surface area contributed by atoms with Crippen LogP contribution in [0.5, 0.6) is 0 Å². The van der Waals surface area contributed by atoms with Crippen LogP contribution in [0.3, 0.4) is 0 Å². The fourth-order valence-electron chi connectivity index (χ4n) is 2.61. The van der Waals surface area contributed by atoms with Gasteiger partial charge in [0.05, 0.1) is 11.8 Å². The summed E-state index contributed by atoms with van der Waals surface area (Å²) in [5.74, 6) is 0. The highest BCUT2D eigenvalue weighted by molar-refractivity contribution is 5.77. The normalized spacial score (nSPS) is 10.8. The van der Waals surface area contributed by atoms with E-state index in [0.717, 1.165) is 12.1 Å². The second-order valence-electron chi connectivity index (χ2n) is 5.80. The van der Waals surface area contributed by atoms with E-state index in [0.29, 0.717) is 0 Å². The van der Waals surface area contributed by atoms with Crippen molar-refractivity contribution in [3.05, 3.63) is 30.1 Å². The van der Waals surface area contributed by atoms with Crippen LogP contribution in [0.2, 0.25) is 0 Å². The fourth-order valence-corrected chi connectivity index (χ4v) is 2.61. The van der Waals surface area contributed by atoms with Gasteiger partial charge in [0.15, 0.2) is 12.4 Å². The maximum Gasteiger partial charge on any atom is 0.177 e. The van der Waals surface area contributed by atoms with Gasteiger partial charge in [-0.15, -0.1) is 0 Å². The lowest BCUT2D eigenvalue weighted by Gasteiger charge is -2.01. The summed E-state index contributed by atoms with van der Waals surface area (Å²) in [7, 11) is 0. The molecule has 0 spiro atoms. The van der Waals surface area contributed by atoms with Gasteiger partial charge in [0.2, 0.25) is 0 Å². The number of rotatable bonds is 12. The largest absolute Gasteiger partial charge is 1.00 e. The topological polar surface area (TPSA) is 36.5 Å². The van der Waals surface area contributed by atoms with Crippen LogP contribution in [0, 0.1) is 0 Å². The van der Waals surface area contributed by atoms with Crippen molar-refractivity contribution in [2.24, 2.45) is 5.16 Å². The summed E-state index contributed by atoms with van der Waals surface area (Å²) in [6, 6.07) is 3.93. The summed E-state index contributed by atoms with van der Waals surface area (Å²) in [5, 5.41) is 11.6. The summed E-state index contributed by atoms with van der Waals surface area (Å²) in [6.07, 6.45) is 19.2. The van der Waals surface area contributed by atoms with Crippen LogP contribution in [0.4, 0.5) is 0 Å². The summed E-state index contributed by atoms with van der Waals surface area (Å²) in [6.45, 7) is 3.31. The number of hydrogen-bond acceptors (Lipinski definition) is 2. The van der Waals surface area contributed by atoms with Crippen molar-refractivity contribution in [2.75, 3.05) is 0 Å². The van der Waals surface area contributed by atoms with Crippen LogP contribution >= 0.6 is 0 Å². The van der Waals surface area contributed by atoms with Gasteiger partial charge in [0.1, 0.15) is 6.54 Å². The van der Waals surface area contributed by atoms with Gasteiger partial charge in [-0.25, -0.2) is 4.57 Å². The number of aromatic nitrogens is 1. The average Bonchev–Trinajstić information content (AvgIpc) is 2.50. The molecule has 0 amide bonds. The molecule has 0 aliphatic heterocycles. The number of hydrogen-bond donors (Lipinski definition) is 1. The van der Waals surface area contributed by atoms with Crippen molar-refractivity contribution in [3.8, 4) is 0 Å². The van der Waals surface area contributed by atoms with Crippen molar-refractivity contribution < 1.29 is 33.8 Å². The molecule has 1 aromatic heterocycles. The Morgan fingerprint density at radius 1 is 1.00 bits per heavy atom. The zero-order valence-electron chi connectivity index (χ0n) is 13.9. The molecule has 0 unspecified atom stereocenters. The predicted molar refractivity (Wildman–Crippen MR) is 87.9 cm³/mol. The Labute approximate surface area is 152 Å². The lowest BCUT2D eigenvalue weighted by Crippen LogP contribution is -3.00. The molecular formula is C18H31IN2O. The first-order valence-corrected chi connectivity index (χ1v) is 8.53. The van der Waals surface area contributed by atoms with Crippen LogP contribution < -0.4 is 28.5 Å². The van der Waals surface area contributed by atoms with Crippen molar-refractivity contribution in [3.63, 3.8) is 0 Å². The zero-order chi connectivity index (χ0) is 15.2. The third-order valence-corrected chi connectivity index (χ3v) is 3.86. The first-order chi connectivity index (χ1) is 10.4. The number of unbranched alkanes of at least 4 members (excludes halogenated alkanes) is 9. The van der Waals surface area contributed by atoms with Gasteiger partial charge in [0, 0.05) is 12.5 Å². The van der Waals surface area contributed by atoms with Crippen LogP contribution in [0.1, 0.15) is 76.7 Å². The lowest BCUT2D eigenvalue weighted by molar-refractivity contribution is -0.697. The monoisotopic (exact) mass is 418 g/mol. The van der Waals surface area contributed by atoms with E-state index in [9.17, 15) is 0 Å². The molecule has 4 heteroatoms. The molecule has 0 fully saturated rings. The van der Waals surface area contributed by atoms with Gasteiger partial charge >= 0.3 is 0 Å². The van der Waals surface area contributed by atoms with Gasteiger partial charge in [-0.3, -0.25) is 0 Å². The molecule has 0 bridgehead atoms. The molecular weight excluding hydrogens is 387 g/mol. The molecule has 0 saturated carbocycles. The highest BCUT2D eigenvalue weighted by atomic mass is 127. The second kappa shape index (κ2) is 15.3. The first-order valence-electron chi connectivity index (χ1n) is 8.53. The second-order valence-corrected chi connectivity index (χ2v) is 5.80. The first kappa shape index (κ1) is 21.4. The van der Waals surface area contributed by atoms with E-state index < -0.39 is 0 Å². The number of oxime groups is 1. The quantitative estimate of drug-likeness (QED) is 0.138. The Balaban J connectivity index is 0.00000441. The third-order valence-electron chi connectivity index (χ3n) is 3.86. The molecule has 1 N–H and O–H groups in total. The minimum atomic E-state index is 0. The molecule has 0 radical (unpaired) electrons. The third kappa shape index (κ3) is 11.0. The molecule has 0 aromatic carbocycles. The average molecular weight is 418 g/mol. The Hall–Kier alpha value is -0.650. The van der Waals surface area contributed by atoms with E-state index in [-0.39, 0.29) is 24.0 Å². The van der Waals surface area contributed by atoms with Gasteiger partial charge in [0.25, 0.3) is 0 Å². The molecule has 0 aliphatic rings. The van der Waals surface area contributed by atoms with E-state index in [1.54, 1.807) is 0 Å². The standard InChI is InChI=1S/C18H30N2O.HI/c1-2-3-4-5-6-7-8-9-10-11-14-20-15-12-13-18(17-20)16-19-21;/h12-13,15-17H,2-11,14H2,1H3;1H. The van der Waals surface area contributed by atoms with E-state index in [1.807, 2.05) is 18.3 Å². The maximum absolute atomic E-state index is 8.54. The van der Waals surface area contributed by atoms with E-state index in [2.05, 4.69) is 22.8 Å². The molecule has 126 valence electrons. The molecule has 22 heavy (non-hydrogen) atoms. The Kier molecular flexibility index (Phi) is 14.8. The van der Waals surface area contributed by atoms with Crippen LogP contribution in [0.15, 0.2) is 29.7 Å². The minimum Gasteiger partial charge on any atom is -1.00 e. The Bertz CT molecular complexity index is 396. The summed E-state index contributed by atoms with van der Waals surface area (Å²) in [5.41, 5.74) is 0.937. The molecule has 1 aromatic rings. The highest BCUT2D eigenvalue weighted by Crippen LogP contribution is 2.10. The SMILES string of the molecule is CCCCCCCCCCCC[n+]1cccc(C=NO)c1.[I-]. The van der Waals surface area contributed by atoms with Crippen LogP contribution in [-0.4, -0.2) is 11.4 Å². The van der Waals surface area contributed by atoms with Crippen LogP contribution in [-0.2, 0) is 6.54 Å². The van der Waals surface area contributed by atoms with E-state index in [4.69, 9.17) is 5.21 Å². The smallest absolute Gasteiger partial charge is 0.177 e.